The van der Waals surface area contributed by atoms with Gasteiger partial charge in [0, 0.05) is 48.7 Å². The molecule has 2 atom stereocenters. The van der Waals surface area contributed by atoms with Crippen LogP contribution in [0.4, 0.5) is 8.78 Å². The van der Waals surface area contributed by atoms with E-state index in [0.717, 1.165) is 12.0 Å². The lowest BCUT2D eigenvalue weighted by Gasteiger charge is -2.29. The minimum Gasteiger partial charge on any atom is -0.373 e. The number of ether oxygens (including phenoxy) is 1. The van der Waals surface area contributed by atoms with E-state index in [-0.39, 0.29) is 22.6 Å². The van der Waals surface area contributed by atoms with E-state index >= 15 is 0 Å². The molecule has 2 unspecified atom stereocenters. The molecule has 0 saturated carbocycles. The van der Waals surface area contributed by atoms with Crippen LogP contribution in [0.25, 0.3) is 16.9 Å². The highest BCUT2D eigenvalue weighted by Crippen LogP contribution is 2.37. The molecular weight excluding hydrogens is 464 g/mol. The molecule has 0 radical (unpaired) electrons. The van der Waals surface area contributed by atoms with Gasteiger partial charge in [0.25, 0.3) is 12.0 Å². The van der Waals surface area contributed by atoms with Gasteiger partial charge in [-0.2, -0.15) is 5.10 Å². The predicted molar refractivity (Wildman–Crippen MR) is 123 cm³/mol. The van der Waals surface area contributed by atoms with Crippen molar-refractivity contribution in [1.82, 2.24) is 24.1 Å². The largest absolute Gasteiger partial charge is 0.373 e. The Morgan fingerprint density at radius 1 is 1.18 bits per heavy atom. The predicted octanol–water partition coefficient (Wildman–Crippen LogP) is 5.02. The van der Waals surface area contributed by atoms with Crippen LogP contribution < -0.4 is 5.56 Å². The number of nitrogens with zero attached hydrogens (tertiary/aromatic N) is 5. The van der Waals surface area contributed by atoms with Gasteiger partial charge in [0.15, 0.2) is 5.65 Å². The molecule has 1 aliphatic heterocycles. The molecule has 5 rings (SSSR count). The van der Waals surface area contributed by atoms with Gasteiger partial charge in [0.2, 0.25) is 0 Å². The summed E-state index contributed by atoms with van der Waals surface area (Å²) in [7, 11) is 1.85. The molecule has 34 heavy (non-hydrogen) atoms. The van der Waals surface area contributed by atoms with E-state index in [2.05, 4.69) is 10.1 Å². The maximum atomic E-state index is 13.1. The quantitative estimate of drug-likeness (QED) is 0.405. The fourth-order valence-corrected chi connectivity index (χ4v) is 4.46. The van der Waals surface area contributed by atoms with Crippen molar-refractivity contribution in [3.63, 3.8) is 0 Å². The fourth-order valence-electron chi connectivity index (χ4n) is 4.33. The maximum Gasteiger partial charge on any atom is 0.277 e. The first-order valence-corrected chi connectivity index (χ1v) is 11.3. The molecule has 0 N–H and O–H groups in total. The molecule has 0 spiro atoms. The van der Waals surface area contributed by atoms with Crippen molar-refractivity contribution >= 4 is 17.2 Å². The molecule has 0 aliphatic carbocycles. The molecule has 1 aliphatic rings. The van der Waals surface area contributed by atoms with Crippen LogP contribution in [0.5, 0.6) is 0 Å². The standard InChI is InChI=1S/C24H22ClF2N5O2/c1-13-20(25)24(33)32-12-18(16-7-8-34-19(9-16)17-10-28-31(2)11-17)30-21(23(32)29-13)14-3-5-15(6-4-14)22(26)27/h3-6,10-12,16,19,22H,7-9H2,1-2H3. The van der Waals surface area contributed by atoms with Crippen molar-refractivity contribution in [2.75, 3.05) is 6.61 Å². The Balaban J connectivity index is 1.63. The van der Waals surface area contributed by atoms with Crippen molar-refractivity contribution in [1.29, 1.82) is 0 Å². The summed E-state index contributed by atoms with van der Waals surface area (Å²) >= 11 is 6.23. The van der Waals surface area contributed by atoms with Gasteiger partial charge >= 0.3 is 0 Å². The van der Waals surface area contributed by atoms with Crippen LogP contribution in [0.3, 0.4) is 0 Å². The van der Waals surface area contributed by atoms with Gasteiger partial charge < -0.3 is 4.74 Å². The summed E-state index contributed by atoms with van der Waals surface area (Å²) in [6, 6.07) is 5.87. The van der Waals surface area contributed by atoms with Crippen molar-refractivity contribution in [2.45, 2.75) is 38.2 Å². The normalized spacial score (nSPS) is 18.6. The van der Waals surface area contributed by atoms with Crippen LogP contribution in [0.1, 0.15) is 53.8 Å². The zero-order valence-electron chi connectivity index (χ0n) is 18.6. The Morgan fingerprint density at radius 3 is 2.62 bits per heavy atom. The molecular formula is C24H22ClF2N5O2. The van der Waals surface area contributed by atoms with E-state index in [4.69, 9.17) is 21.3 Å². The fraction of sp³-hybridized carbons (Fsp3) is 0.333. The van der Waals surface area contributed by atoms with Crippen LogP contribution >= 0.6 is 11.6 Å². The lowest BCUT2D eigenvalue weighted by atomic mass is 9.90. The first kappa shape index (κ1) is 22.6. The molecule has 176 valence electrons. The molecule has 0 bridgehead atoms. The molecule has 1 fully saturated rings. The van der Waals surface area contributed by atoms with E-state index < -0.39 is 12.0 Å². The topological polar surface area (TPSA) is 74.3 Å². The van der Waals surface area contributed by atoms with Gasteiger partial charge in [-0.05, 0) is 19.8 Å². The maximum absolute atomic E-state index is 13.1. The Hall–Kier alpha value is -3.17. The summed E-state index contributed by atoms with van der Waals surface area (Å²) in [6.07, 6.45) is 4.07. The van der Waals surface area contributed by atoms with Crippen LogP contribution in [0.2, 0.25) is 5.02 Å². The van der Waals surface area contributed by atoms with Crippen LogP contribution in [0, 0.1) is 6.92 Å². The highest BCUT2D eigenvalue weighted by Gasteiger charge is 2.28. The number of hydrogen-bond donors (Lipinski definition) is 0. The van der Waals surface area contributed by atoms with Gasteiger partial charge in [0.1, 0.15) is 10.7 Å². The Morgan fingerprint density at radius 2 is 1.94 bits per heavy atom. The summed E-state index contributed by atoms with van der Waals surface area (Å²) in [5, 5.41) is 4.27. The molecule has 4 heterocycles. The SMILES string of the molecule is Cc1nc2c(-c3ccc(C(F)F)cc3)nc(C3CCOC(c4cnn(C)c4)C3)cn2c(=O)c1Cl. The molecule has 0 amide bonds. The van der Waals surface area contributed by atoms with Gasteiger partial charge in [0.05, 0.1) is 23.7 Å². The summed E-state index contributed by atoms with van der Waals surface area (Å²) in [5.74, 6) is 0.00872. The first-order valence-electron chi connectivity index (χ1n) is 10.9. The molecule has 4 aromatic rings. The molecule has 1 saturated heterocycles. The summed E-state index contributed by atoms with van der Waals surface area (Å²) in [5.41, 5.74) is 2.94. The van der Waals surface area contributed by atoms with Crippen molar-refractivity contribution in [3.8, 4) is 11.3 Å². The lowest BCUT2D eigenvalue weighted by Crippen LogP contribution is -2.23. The monoisotopic (exact) mass is 485 g/mol. The van der Waals surface area contributed by atoms with Crippen molar-refractivity contribution in [3.05, 3.63) is 80.7 Å². The van der Waals surface area contributed by atoms with Gasteiger partial charge in [-0.1, -0.05) is 35.9 Å². The van der Waals surface area contributed by atoms with Crippen molar-refractivity contribution < 1.29 is 13.5 Å². The Bertz CT molecular complexity index is 1420. The minimum absolute atomic E-state index is 0.00872. The highest BCUT2D eigenvalue weighted by molar-refractivity contribution is 6.31. The molecule has 3 aromatic heterocycles. The zero-order valence-corrected chi connectivity index (χ0v) is 19.3. The number of rotatable bonds is 4. The second-order valence-electron chi connectivity index (χ2n) is 8.48. The summed E-state index contributed by atoms with van der Waals surface area (Å²) in [4.78, 5) is 22.4. The second-order valence-corrected chi connectivity index (χ2v) is 8.85. The van der Waals surface area contributed by atoms with Crippen molar-refractivity contribution in [2.24, 2.45) is 7.05 Å². The molecule has 1 aromatic carbocycles. The van der Waals surface area contributed by atoms with Gasteiger partial charge in [-0.25, -0.2) is 18.7 Å². The van der Waals surface area contributed by atoms with Gasteiger partial charge in [-0.3, -0.25) is 13.9 Å². The lowest BCUT2D eigenvalue weighted by molar-refractivity contribution is 0.00455. The average Bonchev–Trinajstić information content (AvgIpc) is 3.29. The third kappa shape index (κ3) is 4.10. The van der Waals surface area contributed by atoms with E-state index in [1.54, 1.807) is 36.1 Å². The van der Waals surface area contributed by atoms with Crippen LogP contribution in [-0.2, 0) is 11.8 Å². The number of alkyl halides is 2. The number of aromatic nitrogens is 5. The number of fused-ring (bicyclic) bond motifs is 1. The minimum atomic E-state index is -2.57. The number of aryl methyl sites for hydroxylation is 2. The number of halogens is 3. The molecule has 7 nitrogen and oxygen atoms in total. The Kier molecular flexibility index (Phi) is 5.91. The first-order chi connectivity index (χ1) is 16.3. The van der Waals surface area contributed by atoms with E-state index in [1.165, 1.54) is 16.5 Å². The smallest absolute Gasteiger partial charge is 0.277 e. The number of benzene rings is 1. The Labute approximate surface area is 199 Å². The summed E-state index contributed by atoms with van der Waals surface area (Å²) in [6.45, 7) is 2.18. The van der Waals surface area contributed by atoms with E-state index in [0.29, 0.717) is 41.3 Å². The molecule has 10 heteroatoms. The number of hydrogen-bond acceptors (Lipinski definition) is 5. The van der Waals surface area contributed by atoms with Crippen LogP contribution in [0.15, 0.2) is 47.7 Å². The van der Waals surface area contributed by atoms with E-state index in [1.807, 2.05) is 13.2 Å². The third-order valence-electron chi connectivity index (χ3n) is 6.18. The zero-order chi connectivity index (χ0) is 24.0. The average molecular weight is 486 g/mol. The summed E-state index contributed by atoms with van der Waals surface area (Å²) < 4.78 is 35.3. The van der Waals surface area contributed by atoms with Crippen LogP contribution in [-0.4, -0.2) is 30.8 Å². The third-order valence-corrected chi connectivity index (χ3v) is 6.61. The van der Waals surface area contributed by atoms with Gasteiger partial charge in [-0.15, -0.1) is 0 Å². The second kappa shape index (κ2) is 8.88. The van der Waals surface area contributed by atoms with E-state index in [9.17, 15) is 13.6 Å². The highest BCUT2D eigenvalue weighted by atomic mass is 35.5.